The van der Waals surface area contributed by atoms with Gasteiger partial charge in [-0.25, -0.2) is 0 Å². The molecule has 1 heterocycles. The number of halogens is 1. The van der Waals surface area contributed by atoms with E-state index in [1.165, 1.54) is 0 Å². The number of amides is 1. The van der Waals surface area contributed by atoms with Gasteiger partial charge in [0.15, 0.2) is 0 Å². The molecule has 1 aromatic rings. The van der Waals surface area contributed by atoms with E-state index in [-0.39, 0.29) is 12.5 Å². The van der Waals surface area contributed by atoms with Gasteiger partial charge in [0.1, 0.15) is 5.60 Å². The van der Waals surface area contributed by atoms with Gasteiger partial charge in [0.2, 0.25) is 0 Å². The van der Waals surface area contributed by atoms with Crippen LogP contribution in [0.25, 0.3) is 0 Å². The highest BCUT2D eigenvalue weighted by Gasteiger charge is 2.39. The number of ether oxygens (including phenoxy) is 1. The molecule has 0 radical (unpaired) electrons. The first-order valence-corrected chi connectivity index (χ1v) is 7.43. The third-order valence-corrected chi connectivity index (χ3v) is 4.28. The van der Waals surface area contributed by atoms with Crippen LogP contribution in [0.4, 0.5) is 0 Å². The Hall–Kier alpha value is -1.14. The monoisotopic (exact) mass is 312 g/mol. The number of aliphatic hydroxyl groups excluding tert-OH is 1. The predicted molar refractivity (Wildman–Crippen MR) is 81.3 cm³/mol. The lowest BCUT2D eigenvalue weighted by molar-refractivity contribution is -0.147. The Balaban J connectivity index is 1.95. The topological polar surface area (TPSA) is 70.6 Å². The minimum absolute atomic E-state index is 0.112. The van der Waals surface area contributed by atoms with Crippen LogP contribution < -0.4 is 10.6 Å². The average Bonchev–Trinajstić information content (AvgIpc) is 2.53. The summed E-state index contributed by atoms with van der Waals surface area (Å²) in [5.74, 6) is -0.183. The number of benzene rings is 1. The van der Waals surface area contributed by atoms with E-state index < -0.39 is 11.7 Å². The zero-order chi connectivity index (χ0) is 15.3. The van der Waals surface area contributed by atoms with Crippen molar-refractivity contribution in [3.63, 3.8) is 0 Å². The minimum atomic E-state index is -0.835. The summed E-state index contributed by atoms with van der Waals surface area (Å²) < 4.78 is 5.44. The van der Waals surface area contributed by atoms with Crippen LogP contribution in [0.2, 0.25) is 5.02 Å². The lowest BCUT2D eigenvalue weighted by Gasteiger charge is -2.35. The maximum Gasteiger partial charge on any atom is 0.252 e. The molecule has 1 atom stereocenters. The molecule has 3 N–H and O–H groups in total. The van der Waals surface area contributed by atoms with Crippen molar-refractivity contribution < 1.29 is 14.6 Å². The summed E-state index contributed by atoms with van der Waals surface area (Å²) in [6.45, 7) is 1.60. The van der Waals surface area contributed by atoms with E-state index in [1.807, 2.05) is 0 Å². The number of hydrogen-bond acceptors (Lipinski definition) is 4. The molecule has 0 spiro atoms. The van der Waals surface area contributed by atoms with Gasteiger partial charge in [-0.15, -0.1) is 0 Å². The number of aliphatic hydroxyl groups is 1. The Labute approximate surface area is 129 Å². The lowest BCUT2D eigenvalue weighted by Crippen LogP contribution is -2.54. The molecule has 21 heavy (non-hydrogen) atoms. The fraction of sp³-hybridized carbons (Fsp3) is 0.533. The Kier molecular flexibility index (Phi) is 5.58. The normalized spacial score (nSPS) is 19.0. The minimum Gasteiger partial charge on any atom is -0.387 e. The number of carbonyl (C=O) groups is 1. The molecule has 1 fully saturated rings. The molecule has 0 aromatic heterocycles. The summed E-state index contributed by atoms with van der Waals surface area (Å²) in [6, 6.07) is 7.06. The largest absolute Gasteiger partial charge is 0.387 e. The molecule has 0 saturated carbocycles. The molecular formula is C15H21ClN2O3. The number of nitrogens with one attached hydrogen (secondary N) is 2. The Morgan fingerprint density at radius 1 is 1.48 bits per heavy atom. The van der Waals surface area contributed by atoms with E-state index in [2.05, 4.69) is 10.6 Å². The first-order valence-electron chi connectivity index (χ1n) is 7.06. The zero-order valence-electron chi connectivity index (χ0n) is 12.1. The van der Waals surface area contributed by atoms with E-state index >= 15 is 0 Å². The van der Waals surface area contributed by atoms with E-state index in [0.29, 0.717) is 23.4 Å². The molecule has 0 aliphatic carbocycles. The third kappa shape index (κ3) is 3.74. The smallest absolute Gasteiger partial charge is 0.252 e. The zero-order valence-corrected chi connectivity index (χ0v) is 12.8. The Morgan fingerprint density at radius 2 is 2.14 bits per heavy atom. The van der Waals surface area contributed by atoms with Crippen LogP contribution in [0.3, 0.4) is 0 Å². The molecule has 116 valence electrons. The standard InChI is InChI=1S/C15H21ClN2O3/c1-21-15(6-8-17-9-7-15)14(20)18-10-13(19)11-4-2-3-5-12(11)16/h2-5,13,17,19H,6-10H2,1H3,(H,18,20). The van der Waals surface area contributed by atoms with E-state index in [9.17, 15) is 9.90 Å². The van der Waals surface area contributed by atoms with Gasteiger partial charge < -0.3 is 20.5 Å². The van der Waals surface area contributed by atoms with Crippen LogP contribution in [0, 0.1) is 0 Å². The van der Waals surface area contributed by atoms with Crippen LogP contribution in [0.1, 0.15) is 24.5 Å². The van der Waals surface area contributed by atoms with Crippen molar-refractivity contribution in [1.82, 2.24) is 10.6 Å². The predicted octanol–water partition coefficient (Wildman–Crippen LogP) is 1.26. The van der Waals surface area contributed by atoms with Crippen LogP contribution in [0.5, 0.6) is 0 Å². The van der Waals surface area contributed by atoms with Crippen molar-refractivity contribution >= 4 is 17.5 Å². The van der Waals surface area contributed by atoms with Gasteiger partial charge in [-0.3, -0.25) is 4.79 Å². The summed E-state index contributed by atoms with van der Waals surface area (Å²) in [4.78, 5) is 12.4. The highest BCUT2D eigenvalue weighted by molar-refractivity contribution is 6.31. The first-order chi connectivity index (χ1) is 10.1. The number of rotatable bonds is 5. The second kappa shape index (κ2) is 7.22. The summed E-state index contributed by atoms with van der Waals surface area (Å²) in [7, 11) is 1.55. The summed E-state index contributed by atoms with van der Waals surface area (Å²) in [5, 5.41) is 16.6. The number of piperidine rings is 1. The first kappa shape index (κ1) is 16.2. The summed E-state index contributed by atoms with van der Waals surface area (Å²) in [6.07, 6.45) is 0.410. The second-order valence-corrected chi connectivity index (χ2v) is 5.60. The molecule has 1 aliphatic heterocycles. The van der Waals surface area contributed by atoms with Gasteiger partial charge in [0.25, 0.3) is 5.91 Å². The molecular weight excluding hydrogens is 292 g/mol. The van der Waals surface area contributed by atoms with Gasteiger partial charge in [0, 0.05) is 24.2 Å². The van der Waals surface area contributed by atoms with Crippen molar-refractivity contribution in [2.24, 2.45) is 0 Å². The van der Waals surface area contributed by atoms with Crippen molar-refractivity contribution in [2.75, 3.05) is 26.7 Å². The summed E-state index contributed by atoms with van der Waals surface area (Å²) in [5.41, 5.74) is -0.193. The lowest BCUT2D eigenvalue weighted by atomic mass is 9.91. The molecule has 1 unspecified atom stereocenters. The average molecular weight is 313 g/mol. The van der Waals surface area contributed by atoms with Crippen LogP contribution in [-0.4, -0.2) is 43.4 Å². The van der Waals surface area contributed by atoms with E-state index in [1.54, 1.807) is 31.4 Å². The quantitative estimate of drug-likeness (QED) is 0.765. The van der Waals surface area contributed by atoms with Gasteiger partial charge in [-0.1, -0.05) is 29.8 Å². The fourth-order valence-electron chi connectivity index (χ4n) is 2.56. The molecule has 2 rings (SSSR count). The molecule has 1 saturated heterocycles. The maximum absolute atomic E-state index is 12.4. The van der Waals surface area contributed by atoms with Crippen molar-refractivity contribution in [3.8, 4) is 0 Å². The summed E-state index contributed by atoms with van der Waals surface area (Å²) >= 11 is 6.03. The number of hydrogen-bond donors (Lipinski definition) is 3. The molecule has 1 aliphatic rings. The van der Waals surface area contributed by atoms with Crippen LogP contribution in [-0.2, 0) is 9.53 Å². The van der Waals surface area contributed by atoms with Gasteiger partial charge in [-0.05, 0) is 32.0 Å². The van der Waals surface area contributed by atoms with E-state index in [4.69, 9.17) is 16.3 Å². The van der Waals surface area contributed by atoms with Gasteiger partial charge >= 0.3 is 0 Å². The highest BCUT2D eigenvalue weighted by atomic mass is 35.5. The van der Waals surface area contributed by atoms with Gasteiger partial charge in [0.05, 0.1) is 6.10 Å². The molecule has 0 bridgehead atoms. The molecule has 5 nitrogen and oxygen atoms in total. The highest BCUT2D eigenvalue weighted by Crippen LogP contribution is 2.24. The van der Waals surface area contributed by atoms with Gasteiger partial charge in [-0.2, -0.15) is 0 Å². The Morgan fingerprint density at radius 3 is 2.76 bits per heavy atom. The molecule has 1 amide bonds. The fourth-order valence-corrected chi connectivity index (χ4v) is 2.82. The van der Waals surface area contributed by atoms with Crippen molar-refractivity contribution in [1.29, 1.82) is 0 Å². The SMILES string of the molecule is COC1(C(=O)NCC(O)c2ccccc2Cl)CCNCC1. The van der Waals surface area contributed by atoms with Crippen LogP contribution in [0.15, 0.2) is 24.3 Å². The second-order valence-electron chi connectivity index (χ2n) is 5.20. The van der Waals surface area contributed by atoms with E-state index in [0.717, 1.165) is 13.1 Å². The molecule has 6 heteroatoms. The Bertz CT molecular complexity index is 490. The number of carbonyl (C=O) groups excluding carboxylic acids is 1. The maximum atomic E-state index is 12.4. The van der Waals surface area contributed by atoms with Crippen molar-refractivity contribution in [3.05, 3.63) is 34.9 Å². The number of methoxy groups -OCH3 is 1. The van der Waals surface area contributed by atoms with Crippen molar-refractivity contribution in [2.45, 2.75) is 24.5 Å². The molecule has 1 aromatic carbocycles. The third-order valence-electron chi connectivity index (χ3n) is 3.94. The van der Waals surface area contributed by atoms with Crippen LogP contribution >= 0.6 is 11.6 Å².